The van der Waals surface area contributed by atoms with Gasteiger partial charge in [0.1, 0.15) is 6.10 Å². The summed E-state index contributed by atoms with van der Waals surface area (Å²) in [6, 6.07) is 37.0. The molecule has 0 aliphatic carbocycles. The van der Waals surface area contributed by atoms with Crippen LogP contribution >= 0.6 is 0 Å². The molecule has 0 saturated heterocycles. The summed E-state index contributed by atoms with van der Waals surface area (Å²) in [5, 5.41) is 9.88. The number of nitriles is 1. The van der Waals surface area contributed by atoms with Gasteiger partial charge in [-0.3, -0.25) is 0 Å². The average molecular weight is 456 g/mol. The van der Waals surface area contributed by atoms with Gasteiger partial charge in [0.25, 0.3) is 0 Å². The highest BCUT2D eigenvalue weighted by Gasteiger charge is 2.20. The second-order valence-electron chi connectivity index (χ2n) is 8.47. The van der Waals surface area contributed by atoms with Crippen LogP contribution in [0.3, 0.4) is 0 Å². The second kappa shape index (κ2) is 10.2. The van der Waals surface area contributed by atoms with Crippen LogP contribution in [0.5, 0.6) is 0 Å². The van der Waals surface area contributed by atoms with Crippen LogP contribution in [0.25, 0.3) is 22.3 Å². The molecule has 5 rings (SSSR count). The van der Waals surface area contributed by atoms with E-state index in [4.69, 9.17) is 4.74 Å². The molecule has 0 radical (unpaired) electrons. The first-order chi connectivity index (χ1) is 17.2. The molecule has 1 aromatic heterocycles. The minimum absolute atomic E-state index is 0.327. The molecule has 4 aromatic carbocycles. The number of benzene rings is 4. The van der Waals surface area contributed by atoms with Gasteiger partial charge in [0.15, 0.2) is 0 Å². The molecule has 35 heavy (non-hydrogen) atoms. The van der Waals surface area contributed by atoms with Crippen LogP contribution in [-0.4, -0.2) is 9.55 Å². The fourth-order valence-electron chi connectivity index (χ4n) is 4.28. The Balaban J connectivity index is 1.56. The standard InChI is InChI=1S/C31H25N3O/c1-34-22-33-20-30(34)31(35-21-23-9-4-2-5-10-23)27-15-16-28(19-32)29(18-27)26-14-8-13-25(17-26)24-11-6-3-7-12-24/h2-18,20,22,31H,21H2,1H3. The van der Waals surface area contributed by atoms with Crippen LogP contribution in [0.4, 0.5) is 0 Å². The van der Waals surface area contributed by atoms with Crippen LogP contribution in [0.15, 0.2) is 116 Å². The van der Waals surface area contributed by atoms with E-state index in [1.807, 2.05) is 72.4 Å². The molecule has 0 aliphatic rings. The number of nitrogens with zero attached hydrogens (tertiary/aromatic N) is 3. The topological polar surface area (TPSA) is 50.8 Å². The molecule has 0 N–H and O–H groups in total. The van der Waals surface area contributed by atoms with E-state index in [0.717, 1.165) is 39.1 Å². The molecule has 1 atom stereocenters. The van der Waals surface area contributed by atoms with Gasteiger partial charge in [-0.25, -0.2) is 4.98 Å². The Morgan fingerprint density at radius 1 is 0.829 bits per heavy atom. The summed E-state index contributed by atoms with van der Waals surface area (Å²) in [6.45, 7) is 0.468. The van der Waals surface area contributed by atoms with E-state index in [2.05, 4.69) is 59.6 Å². The van der Waals surface area contributed by atoms with Gasteiger partial charge in [0.05, 0.1) is 36.5 Å². The molecular formula is C31H25N3O. The quantitative estimate of drug-likeness (QED) is 0.267. The molecule has 1 heterocycles. The summed E-state index contributed by atoms with van der Waals surface area (Å²) in [5.74, 6) is 0. The maximum Gasteiger partial charge on any atom is 0.124 e. The molecule has 0 spiro atoms. The van der Waals surface area contributed by atoms with Crippen molar-refractivity contribution in [2.45, 2.75) is 12.7 Å². The Hall–Kier alpha value is -4.46. The lowest BCUT2D eigenvalue weighted by Crippen LogP contribution is -2.11. The Morgan fingerprint density at radius 3 is 2.26 bits per heavy atom. The van der Waals surface area contributed by atoms with E-state index in [0.29, 0.717) is 12.2 Å². The molecule has 4 nitrogen and oxygen atoms in total. The third kappa shape index (κ3) is 4.91. The first kappa shape index (κ1) is 22.3. The van der Waals surface area contributed by atoms with Gasteiger partial charge >= 0.3 is 0 Å². The number of aryl methyl sites for hydroxylation is 1. The summed E-state index contributed by atoms with van der Waals surface area (Å²) in [7, 11) is 1.97. The fraction of sp³-hybridized carbons (Fsp3) is 0.0968. The summed E-state index contributed by atoms with van der Waals surface area (Å²) < 4.78 is 8.43. The summed E-state index contributed by atoms with van der Waals surface area (Å²) in [5.41, 5.74) is 7.80. The van der Waals surface area contributed by atoms with Gasteiger partial charge < -0.3 is 9.30 Å². The van der Waals surface area contributed by atoms with Crippen LogP contribution in [0, 0.1) is 11.3 Å². The smallest absolute Gasteiger partial charge is 0.124 e. The van der Waals surface area contributed by atoms with Crippen LogP contribution in [-0.2, 0) is 18.4 Å². The van der Waals surface area contributed by atoms with E-state index in [1.54, 1.807) is 6.33 Å². The van der Waals surface area contributed by atoms with Crippen molar-refractivity contribution < 1.29 is 4.74 Å². The highest BCUT2D eigenvalue weighted by Crippen LogP contribution is 2.34. The summed E-state index contributed by atoms with van der Waals surface area (Å²) in [6.07, 6.45) is 3.29. The van der Waals surface area contributed by atoms with Crippen LogP contribution < -0.4 is 0 Å². The van der Waals surface area contributed by atoms with E-state index >= 15 is 0 Å². The third-order valence-electron chi connectivity index (χ3n) is 6.13. The molecule has 5 aromatic rings. The first-order valence-corrected chi connectivity index (χ1v) is 11.5. The fourth-order valence-corrected chi connectivity index (χ4v) is 4.28. The minimum Gasteiger partial charge on any atom is -0.363 e. The average Bonchev–Trinajstić information content (AvgIpc) is 3.35. The monoisotopic (exact) mass is 455 g/mol. The van der Waals surface area contributed by atoms with Crippen molar-refractivity contribution in [1.82, 2.24) is 9.55 Å². The predicted octanol–water partition coefficient (Wildman–Crippen LogP) is 6.93. The lowest BCUT2D eigenvalue weighted by atomic mass is 9.93. The Bertz CT molecular complexity index is 1470. The van der Waals surface area contributed by atoms with Crippen molar-refractivity contribution in [2.75, 3.05) is 0 Å². The molecule has 0 fully saturated rings. The lowest BCUT2D eigenvalue weighted by molar-refractivity contribution is 0.0622. The van der Waals surface area contributed by atoms with E-state index in [9.17, 15) is 5.26 Å². The van der Waals surface area contributed by atoms with E-state index < -0.39 is 0 Å². The minimum atomic E-state index is -0.327. The Labute approximate surface area is 205 Å². The maximum atomic E-state index is 9.88. The van der Waals surface area contributed by atoms with Crippen molar-refractivity contribution >= 4 is 0 Å². The highest BCUT2D eigenvalue weighted by atomic mass is 16.5. The zero-order chi connectivity index (χ0) is 24.0. The first-order valence-electron chi connectivity index (χ1n) is 11.5. The van der Waals surface area contributed by atoms with Gasteiger partial charge in [-0.2, -0.15) is 5.26 Å². The molecule has 170 valence electrons. The van der Waals surface area contributed by atoms with E-state index in [-0.39, 0.29) is 6.10 Å². The van der Waals surface area contributed by atoms with Crippen molar-refractivity contribution in [3.63, 3.8) is 0 Å². The van der Waals surface area contributed by atoms with Gasteiger partial charge in [-0.1, -0.05) is 84.9 Å². The maximum absolute atomic E-state index is 9.88. The lowest BCUT2D eigenvalue weighted by Gasteiger charge is -2.20. The Morgan fingerprint density at radius 2 is 1.54 bits per heavy atom. The molecule has 0 amide bonds. The normalized spacial score (nSPS) is 11.7. The zero-order valence-corrected chi connectivity index (χ0v) is 19.5. The number of rotatable bonds is 7. The van der Waals surface area contributed by atoms with Gasteiger partial charge in [-0.05, 0) is 51.6 Å². The molecule has 4 heteroatoms. The van der Waals surface area contributed by atoms with Gasteiger partial charge in [-0.15, -0.1) is 0 Å². The summed E-state index contributed by atoms with van der Waals surface area (Å²) >= 11 is 0. The van der Waals surface area contributed by atoms with Gasteiger partial charge in [0, 0.05) is 7.05 Å². The number of hydrogen-bond donors (Lipinski definition) is 0. The van der Waals surface area contributed by atoms with Crippen LogP contribution in [0.2, 0.25) is 0 Å². The molecule has 0 saturated carbocycles. The SMILES string of the molecule is Cn1cncc1C(OCc1ccccc1)c1ccc(C#N)c(-c2cccc(-c3ccccc3)c2)c1. The largest absolute Gasteiger partial charge is 0.363 e. The van der Waals surface area contributed by atoms with Gasteiger partial charge in [0.2, 0.25) is 0 Å². The van der Waals surface area contributed by atoms with Crippen LogP contribution in [0.1, 0.15) is 28.5 Å². The summed E-state index contributed by atoms with van der Waals surface area (Å²) in [4.78, 5) is 4.31. The molecule has 0 aliphatic heterocycles. The molecular weight excluding hydrogens is 430 g/mol. The zero-order valence-electron chi connectivity index (χ0n) is 19.5. The second-order valence-corrected chi connectivity index (χ2v) is 8.47. The molecule has 1 unspecified atom stereocenters. The molecule has 0 bridgehead atoms. The Kier molecular flexibility index (Phi) is 6.52. The van der Waals surface area contributed by atoms with Crippen molar-refractivity contribution in [3.05, 3.63) is 138 Å². The van der Waals surface area contributed by atoms with E-state index in [1.165, 1.54) is 0 Å². The number of ether oxygens (including phenoxy) is 1. The van der Waals surface area contributed by atoms with Crippen molar-refractivity contribution in [2.24, 2.45) is 7.05 Å². The number of imidazole rings is 1. The number of hydrogen-bond acceptors (Lipinski definition) is 3. The number of aromatic nitrogens is 2. The predicted molar refractivity (Wildman–Crippen MR) is 138 cm³/mol. The van der Waals surface area contributed by atoms with Crippen molar-refractivity contribution in [1.29, 1.82) is 5.26 Å². The highest BCUT2D eigenvalue weighted by molar-refractivity contribution is 5.77. The third-order valence-corrected chi connectivity index (χ3v) is 6.13. The van der Waals surface area contributed by atoms with Crippen molar-refractivity contribution in [3.8, 4) is 28.3 Å².